The predicted octanol–water partition coefficient (Wildman–Crippen LogP) is 4.32. The van der Waals surface area contributed by atoms with Crippen LogP contribution in [0.15, 0.2) is 78.9 Å². The molecule has 0 spiro atoms. The van der Waals surface area contributed by atoms with Crippen LogP contribution in [0.4, 0.5) is 17.1 Å². The molecule has 3 aromatic carbocycles. The zero-order valence-corrected chi connectivity index (χ0v) is 14.0. The van der Waals surface area contributed by atoms with Crippen LogP contribution in [-0.4, -0.2) is 12.5 Å². The molecule has 26 heavy (non-hydrogen) atoms. The average molecular weight is 343 g/mol. The van der Waals surface area contributed by atoms with E-state index in [4.69, 9.17) is 10.00 Å². The van der Waals surface area contributed by atoms with Crippen LogP contribution in [0.3, 0.4) is 0 Å². The Morgan fingerprint density at radius 3 is 2.35 bits per heavy atom. The molecular formula is C21H17N3O2. The van der Waals surface area contributed by atoms with Crippen molar-refractivity contribution >= 4 is 23.0 Å². The lowest BCUT2D eigenvalue weighted by Gasteiger charge is -2.09. The Bertz CT molecular complexity index is 916. The predicted molar refractivity (Wildman–Crippen MR) is 101 cm³/mol. The lowest BCUT2D eigenvalue weighted by atomic mass is 10.2. The number of rotatable bonds is 6. The molecule has 1 amide bonds. The van der Waals surface area contributed by atoms with Crippen molar-refractivity contribution in [3.63, 3.8) is 0 Å². The number of hydrogen-bond donors (Lipinski definition) is 2. The topological polar surface area (TPSA) is 74.2 Å². The first kappa shape index (κ1) is 17.1. The number of para-hydroxylation sites is 1. The first-order chi connectivity index (χ1) is 12.7. The van der Waals surface area contributed by atoms with Crippen LogP contribution in [0.5, 0.6) is 5.75 Å². The van der Waals surface area contributed by atoms with Crippen molar-refractivity contribution in [3.05, 3.63) is 84.4 Å². The third-order valence-corrected chi connectivity index (χ3v) is 3.56. The molecule has 0 atom stereocenters. The van der Waals surface area contributed by atoms with Gasteiger partial charge in [-0.05, 0) is 54.6 Å². The summed E-state index contributed by atoms with van der Waals surface area (Å²) in [6.07, 6.45) is 0. The minimum atomic E-state index is -0.226. The summed E-state index contributed by atoms with van der Waals surface area (Å²) in [6, 6.07) is 25.8. The van der Waals surface area contributed by atoms with Crippen molar-refractivity contribution in [1.29, 1.82) is 5.26 Å². The van der Waals surface area contributed by atoms with Crippen LogP contribution in [0.25, 0.3) is 0 Å². The van der Waals surface area contributed by atoms with Crippen LogP contribution < -0.4 is 15.4 Å². The van der Waals surface area contributed by atoms with Crippen LogP contribution >= 0.6 is 0 Å². The monoisotopic (exact) mass is 343 g/mol. The van der Waals surface area contributed by atoms with Crippen LogP contribution in [0.2, 0.25) is 0 Å². The first-order valence-electron chi connectivity index (χ1n) is 8.08. The van der Waals surface area contributed by atoms with E-state index in [1.54, 1.807) is 36.4 Å². The molecule has 0 aliphatic rings. The van der Waals surface area contributed by atoms with Gasteiger partial charge in [0.1, 0.15) is 5.75 Å². The summed E-state index contributed by atoms with van der Waals surface area (Å²) in [5.41, 5.74) is 2.97. The second-order valence-corrected chi connectivity index (χ2v) is 5.54. The molecule has 2 N–H and O–H groups in total. The van der Waals surface area contributed by atoms with E-state index in [0.29, 0.717) is 17.0 Å². The van der Waals surface area contributed by atoms with Crippen molar-refractivity contribution < 1.29 is 9.53 Å². The summed E-state index contributed by atoms with van der Waals surface area (Å²) in [7, 11) is 0. The number of nitrogens with one attached hydrogen (secondary N) is 2. The summed E-state index contributed by atoms with van der Waals surface area (Å²) in [6.45, 7) is -0.0506. The molecule has 0 aliphatic heterocycles. The lowest BCUT2D eigenvalue weighted by Crippen LogP contribution is -2.20. The molecule has 0 saturated carbocycles. The number of nitriles is 1. The summed E-state index contributed by atoms with van der Waals surface area (Å²) >= 11 is 0. The molecular weight excluding hydrogens is 326 g/mol. The zero-order valence-electron chi connectivity index (χ0n) is 14.0. The van der Waals surface area contributed by atoms with E-state index in [-0.39, 0.29) is 12.5 Å². The minimum Gasteiger partial charge on any atom is -0.484 e. The highest BCUT2D eigenvalue weighted by atomic mass is 16.5. The Balaban J connectivity index is 1.54. The number of anilines is 3. The van der Waals surface area contributed by atoms with Gasteiger partial charge in [-0.3, -0.25) is 4.79 Å². The quantitative estimate of drug-likeness (QED) is 0.699. The number of ether oxygens (including phenoxy) is 1. The number of carbonyl (C=O) groups excluding carboxylic acids is 1. The van der Waals surface area contributed by atoms with E-state index in [9.17, 15) is 4.79 Å². The van der Waals surface area contributed by atoms with Crippen molar-refractivity contribution in [2.45, 2.75) is 0 Å². The minimum absolute atomic E-state index is 0.0506. The Morgan fingerprint density at radius 1 is 0.885 bits per heavy atom. The van der Waals surface area contributed by atoms with Crippen LogP contribution in [-0.2, 0) is 4.79 Å². The van der Waals surface area contributed by atoms with E-state index in [1.807, 2.05) is 42.5 Å². The number of carbonyl (C=O) groups is 1. The summed E-state index contributed by atoms with van der Waals surface area (Å²) in [5.74, 6) is 0.429. The highest BCUT2D eigenvalue weighted by Crippen LogP contribution is 2.19. The maximum absolute atomic E-state index is 11.9. The normalized spacial score (nSPS) is 9.81. The number of hydrogen-bond acceptors (Lipinski definition) is 4. The lowest BCUT2D eigenvalue weighted by molar-refractivity contribution is -0.118. The van der Waals surface area contributed by atoms with Gasteiger partial charge >= 0.3 is 0 Å². The Labute approximate surface area is 151 Å². The van der Waals surface area contributed by atoms with Crippen LogP contribution in [0.1, 0.15) is 5.56 Å². The SMILES string of the molecule is N#Cc1cccc(Nc2ccc(NC(=O)COc3ccccc3)cc2)c1. The molecule has 0 heterocycles. The van der Waals surface area contributed by atoms with E-state index in [2.05, 4.69) is 16.7 Å². The molecule has 0 fully saturated rings. The number of amides is 1. The maximum Gasteiger partial charge on any atom is 0.262 e. The van der Waals surface area contributed by atoms with E-state index >= 15 is 0 Å². The summed E-state index contributed by atoms with van der Waals surface area (Å²) < 4.78 is 5.41. The highest BCUT2D eigenvalue weighted by Gasteiger charge is 2.04. The van der Waals surface area contributed by atoms with Gasteiger partial charge in [0, 0.05) is 17.1 Å². The molecule has 0 unspecified atom stereocenters. The van der Waals surface area contributed by atoms with E-state index in [0.717, 1.165) is 11.4 Å². The molecule has 0 radical (unpaired) electrons. The van der Waals surface area contributed by atoms with Crippen molar-refractivity contribution in [1.82, 2.24) is 0 Å². The Hall–Kier alpha value is -3.78. The fraction of sp³-hybridized carbons (Fsp3) is 0.0476. The first-order valence-corrected chi connectivity index (χ1v) is 8.08. The molecule has 5 heteroatoms. The van der Waals surface area contributed by atoms with Crippen LogP contribution in [0, 0.1) is 11.3 Å². The Kier molecular flexibility index (Phi) is 5.48. The van der Waals surface area contributed by atoms with E-state index in [1.165, 1.54) is 0 Å². The zero-order chi connectivity index (χ0) is 18.2. The van der Waals surface area contributed by atoms with Gasteiger partial charge in [0.05, 0.1) is 11.6 Å². The van der Waals surface area contributed by atoms with Gasteiger partial charge in [0.2, 0.25) is 0 Å². The Morgan fingerprint density at radius 2 is 1.62 bits per heavy atom. The molecule has 0 saturated heterocycles. The standard InChI is InChI=1S/C21H17N3O2/c22-14-16-5-4-6-19(13-16)23-17-9-11-18(12-10-17)24-21(25)15-26-20-7-2-1-3-8-20/h1-13,23H,15H2,(H,24,25). The van der Waals surface area contributed by atoms with Crippen molar-refractivity contribution in [2.24, 2.45) is 0 Å². The highest BCUT2D eigenvalue weighted by molar-refractivity contribution is 5.92. The summed E-state index contributed by atoms with van der Waals surface area (Å²) in [5, 5.41) is 14.9. The van der Waals surface area contributed by atoms with Crippen molar-refractivity contribution in [2.75, 3.05) is 17.2 Å². The van der Waals surface area contributed by atoms with Crippen molar-refractivity contribution in [3.8, 4) is 11.8 Å². The summed E-state index contributed by atoms with van der Waals surface area (Å²) in [4.78, 5) is 11.9. The van der Waals surface area contributed by atoms with Gasteiger partial charge < -0.3 is 15.4 Å². The molecule has 3 aromatic rings. The van der Waals surface area contributed by atoms with Gasteiger partial charge in [0.25, 0.3) is 5.91 Å². The molecule has 0 bridgehead atoms. The fourth-order valence-corrected chi connectivity index (χ4v) is 2.33. The number of nitrogens with zero attached hydrogens (tertiary/aromatic N) is 1. The second kappa shape index (κ2) is 8.36. The van der Waals surface area contributed by atoms with Gasteiger partial charge in [-0.1, -0.05) is 24.3 Å². The largest absolute Gasteiger partial charge is 0.484 e. The average Bonchev–Trinajstić information content (AvgIpc) is 2.69. The molecule has 128 valence electrons. The third kappa shape index (κ3) is 4.86. The van der Waals surface area contributed by atoms with Gasteiger partial charge in [0.15, 0.2) is 6.61 Å². The van der Waals surface area contributed by atoms with E-state index < -0.39 is 0 Å². The maximum atomic E-state index is 11.9. The number of benzene rings is 3. The fourth-order valence-electron chi connectivity index (χ4n) is 2.33. The van der Waals surface area contributed by atoms with Gasteiger partial charge in [-0.25, -0.2) is 0 Å². The molecule has 0 aliphatic carbocycles. The molecule has 0 aromatic heterocycles. The molecule has 5 nitrogen and oxygen atoms in total. The smallest absolute Gasteiger partial charge is 0.262 e. The molecule has 3 rings (SSSR count). The second-order valence-electron chi connectivity index (χ2n) is 5.54. The van der Waals surface area contributed by atoms with Gasteiger partial charge in [-0.2, -0.15) is 5.26 Å². The van der Waals surface area contributed by atoms with Gasteiger partial charge in [-0.15, -0.1) is 0 Å². The third-order valence-electron chi connectivity index (χ3n) is 3.56.